The van der Waals surface area contributed by atoms with E-state index in [-0.39, 0.29) is 18.1 Å². The highest BCUT2D eigenvalue weighted by Crippen LogP contribution is 2.23. The van der Waals surface area contributed by atoms with E-state index in [4.69, 9.17) is 9.47 Å². The topological polar surface area (TPSA) is 50.8 Å². The van der Waals surface area contributed by atoms with E-state index in [9.17, 15) is 4.79 Å². The van der Waals surface area contributed by atoms with Crippen molar-refractivity contribution in [3.05, 3.63) is 23.8 Å². The maximum Gasteiger partial charge on any atom is 0.220 e. The highest BCUT2D eigenvalue weighted by molar-refractivity contribution is 5.76. The summed E-state index contributed by atoms with van der Waals surface area (Å²) in [6.45, 7) is 17.5. The molecule has 0 aromatic rings. The molecule has 0 bridgehead atoms. The molecule has 186 valence electrons. The molecule has 0 aliphatic carbocycles. The molecule has 0 aromatic heterocycles. The maximum absolute atomic E-state index is 12.6. The number of nitrogens with zero attached hydrogens (tertiary/aromatic N) is 1. The Morgan fingerprint density at radius 1 is 1.28 bits per heavy atom. The van der Waals surface area contributed by atoms with Gasteiger partial charge in [-0.3, -0.25) is 9.69 Å². The summed E-state index contributed by atoms with van der Waals surface area (Å²) in [5.74, 6) is 0.971. The van der Waals surface area contributed by atoms with Gasteiger partial charge in [-0.25, -0.2) is 0 Å². The van der Waals surface area contributed by atoms with E-state index in [1.807, 2.05) is 6.08 Å². The SMILES string of the molecule is C=CC(OC)C(C)/C(C)=C(\C)CN(C)C(CCCC)CC(C)NC(=O)CC1CCOCC1. The molecule has 5 heteroatoms. The quantitative estimate of drug-likeness (QED) is 0.341. The van der Waals surface area contributed by atoms with E-state index in [0.717, 1.165) is 45.4 Å². The lowest BCUT2D eigenvalue weighted by Gasteiger charge is -2.32. The Morgan fingerprint density at radius 3 is 2.50 bits per heavy atom. The van der Waals surface area contributed by atoms with Crippen molar-refractivity contribution in [2.24, 2.45) is 11.8 Å². The van der Waals surface area contributed by atoms with E-state index in [1.165, 1.54) is 24.0 Å². The van der Waals surface area contributed by atoms with Crippen LogP contribution in [0.4, 0.5) is 0 Å². The number of carbonyl (C=O) groups excluding carboxylic acids is 1. The number of rotatable bonds is 15. The van der Waals surface area contributed by atoms with Crippen molar-refractivity contribution < 1.29 is 14.3 Å². The number of hydrogen-bond acceptors (Lipinski definition) is 4. The fourth-order valence-corrected chi connectivity index (χ4v) is 4.74. The molecule has 1 aliphatic heterocycles. The van der Waals surface area contributed by atoms with E-state index in [2.05, 4.69) is 58.5 Å². The highest BCUT2D eigenvalue weighted by atomic mass is 16.5. The van der Waals surface area contributed by atoms with Crippen LogP contribution in [0.3, 0.4) is 0 Å². The molecule has 0 aromatic carbocycles. The zero-order valence-electron chi connectivity index (χ0n) is 21.9. The number of unbranched alkanes of at least 4 members (excludes halogenated alkanes) is 1. The number of ether oxygens (including phenoxy) is 2. The van der Waals surface area contributed by atoms with Crippen LogP contribution in [0.25, 0.3) is 0 Å². The van der Waals surface area contributed by atoms with Crippen molar-refractivity contribution in [2.45, 2.75) is 97.8 Å². The van der Waals surface area contributed by atoms with Gasteiger partial charge in [-0.1, -0.05) is 43.9 Å². The van der Waals surface area contributed by atoms with Gasteiger partial charge in [0.15, 0.2) is 0 Å². The largest absolute Gasteiger partial charge is 0.381 e. The molecule has 1 amide bonds. The second-order valence-electron chi connectivity index (χ2n) is 9.86. The maximum atomic E-state index is 12.6. The fraction of sp³-hybridized carbons (Fsp3) is 0.815. The minimum Gasteiger partial charge on any atom is -0.381 e. The second kappa shape index (κ2) is 15.6. The van der Waals surface area contributed by atoms with Gasteiger partial charge in [-0.05, 0) is 59.4 Å². The van der Waals surface area contributed by atoms with Crippen LogP contribution in [-0.2, 0) is 14.3 Å². The van der Waals surface area contributed by atoms with Gasteiger partial charge in [-0.2, -0.15) is 0 Å². The third kappa shape index (κ3) is 10.2. The number of amides is 1. The molecular weight excluding hydrogens is 400 g/mol. The number of hydrogen-bond donors (Lipinski definition) is 1. The molecule has 5 nitrogen and oxygen atoms in total. The average molecular weight is 451 g/mol. The number of carbonyl (C=O) groups is 1. The molecule has 1 N–H and O–H groups in total. The van der Waals surface area contributed by atoms with Crippen molar-refractivity contribution in [3.8, 4) is 0 Å². The van der Waals surface area contributed by atoms with E-state index in [0.29, 0.717) is 24.3 Å². The molecule has 1 aliphatic rings. The van der Waals surface area contributed by atoms with Crippen molar-refractivity contribution >= 4 is 5.91 Å². The van der Waals surface area contributed by atoms with Crippen molar-refractivity contribution in [1.82, 2.24) is 10.2 Å². The van der Waals surface area contributed by atoms with Crippen LogP contribution in [0.5, 0.6) is 0 Å². The van der Waals surface area contributed by atoms with Crippen molar-refractivity contribution in [3.63, 3.8) is 0 Å². The first-order valence-corrected chi connectivity index (χ1v) is 12.6. The standard InChI is InChI=1S/C27H50N2O3/c1-9-11-12-25(17-21(4)28-27(30)18-24-13-15-32-16-14-24)29(7)19-20(3)22(5)23(6)26(10-2)31-8/h10,21,23-26H,2,9,11-19H2,1,3-8H3,(H,28,30)/b22-20+. The Morgan fingerprint density at radius 2 is 1.94 bits per heavy atom. The molecule has 4 unspecified atom stereocenters. The van der Waals surface area contributed by atoms with Crippen LogP contribution in [-0.4, -0.2) is 62.9 Å². The lowest BCUT2D eigenvalue weighted by Crippen LogP contribution is -2.41. The summed E-state index contributed by atoms with van der Waals surface area (Å²) in [6.07, 6.45) is 9.09. The van der Waals surface area contributed by atoms with Gasteiger partial charge < -0.3 is 14.8 Å². The number of likely N-dealkylation sites (N-methyl/N-ethyl adjacent to an activating group) is 1. The van der Waals surface area contributed by atoms with Crippen molar-refractivity contribution in [2.75, 3.05) is 33.9 Å². The average Bonchev–Trinajstić information content (AvgIpc) is 2.77. The lowest BCUT2D eigenvalue weighted by molar-refractivity contribution is -0.123. The molecule has 0 radical (unpaired) electrons. The molecule has 4 atom stereocenters. The van der Waals surface area contributed by atoms with Crippen LogP contribution in [0, 0.1) is 11.8 Å². The van der Waals surface area contributed by atoms with Gasteiger partial charge in [0.05, 0.1) is 6.10 Å². The highest BCUT2D eigenvalue weighted by Gasteiger charge is 2.23. The minimum atomic E-state index is 0.0390. The first kappa shape index (κ1) is 28.9. The van der Waals surface area contributed by atoms with Gasteiger partial charge >= 0.3 is 0 Å². The Labute approximate surface area is 198 Å². The molecule has 0 spiro atoms. The summed E-state index contributed by atoms with van der Waals surface area (Å²) in [5, 5.41) is 3.27. The van der Waals surface area contributed by atoms with Crippen LogP contribution in [0.2, 0.25) is 0 Å². The molecular formula is C27H50N2O3. The number of methoxy groups -OCH3 is 1. The summed E-state index contributed by atoms with van der Waals surface area (Å²) in [6, 6.07) is 0.624. The third-order valence-electron chi connectivity index (χ3n) is 7.20. The summed E-state index contributed by atoms with van der Waals surface area (Å²) >= 11 is 0. The Kier molecular flexibility index (Phi) is 14.1. The second-order valence-corrected chi connectivity index (χ2v) is 9.86. The van der Waals surface area contributed by atoms with Gasteiger partial charge in [0.2, 0.25) is 5.91 Å². The summed E-state index contributed by atoms with van der Waals surface area (Å²) in [5.41, 5.74) is 2.76. The zero-order valence-corrected chi connectivity index (χ0v) is 21.9. The molecule has 32 heavy (non-hydrogen) atoms. The molecule has 1 heterocycles. The van der Waals surface area contributed by atoms with Crippen LogP contribution >= 0.6 is 0 Å². The van der Waals surface area contributed by atoms with E-state index >= 15 is 0 Å². The van der Waals surface area contributed by atoms with Gasteiger partial charge in [0.25, 0.3) is 0 Å². The zero-order chi connectivity index (χ0) is 24.1. The Hall–Kier alpha value is -1.17. The van der Waals surface area contributed by atoms with Crippen molar-refractivity contribution in [1.29, 1.82) is 0 Å². The predicted octanol–water partition coefficient (Wildman–Crippen LogP) is 5.36. The van der Waals surface area contributed by atoms with E-state index < -0.39 is 0 Å². The Bertz CT molecular complexity index is 583. The monoisotopic (exact) mass is 450 g/mol. The normalized spacial score (nSPS) is 19.8. The summed E-state index contributed by atoms with van der Waals surface area (Å²) in [7, 11) is 3.97. The first-order chi connectivity index (χ1) is 15.2. The van der Waals surface area contributed by atoms with E-state index in [1.54, 1.807) is 7.11 Å². The smallest absolute Gasteiger partial charge is 0.220 e. The van der Waals surface area contributed by atoms with Crippen LogP contribution in [0.1, 0.15) is 79.6 Å². The lowest BCUT2D eigenvalue weighted by atomic mass is 9.92. The molecule has 0 saturated carbocycles. The van der Waals surface area contributed by atoms with Crippen LogP contribution < -0.4 is 5.32 Å². The first-order valence-electron chi connectivity index (χ1n) is 12.6. The summed E-state index contributed by atoms with van der Waals surface area (Å²) in [4.78, 5) is 15.0. The predicted molar refractivity (Wildman–Crippen MR) is 135 cm³/mol. The molecule has 1 fully saturated rings. The Balaban J connectivity index is 2.69. The number of nitrogens with one attached hydrogen (secondary N) is 1. The van der Waals surface area contributed by atoms with Crippen LogP contribution in [0.15, 0.2) is 23.8 Å². The van der Waals surface area contributed by atoms with Gasteiger partial charge in [-0.15, -0.1) is 6.58 Å². The molecule has 1 rings (SSSR count). The van der Waals surface area contributed by atoms with Gasteiger partial charge in [0.1, 0.15) is 0 Å². The molecule has 1 saturated heterocycles. The fourth-order valence-electron chi connectivity index (χ4n) is 4.74. The summed E-state index contributed by atoms with van der Waals surface area (Å²) < 4.78 is 11.0. The third-order valence-corrected chi connectivity index (χ3v) is 7.20. The van der Waals surface area contributed by atoms with Gasteiger partial charge in [0, 0.05) is 51.3 Å². The minimum absolute atomic E-state index is 0.0390.